The van der Waals surface area contributed by atoms with Crippen LogP contribution in [0.2, 0.25) is 0 Å². The van der Waals surface area contributed by atoms with Gasteiger partial charge in [-0.25, -0.2) is 4.39 Å². The van der Waals surface area contributed by atoms with E-state index in [1.807, 2.05) is 18.2 Å². The molecule has 1 heterocycles. The van der Waals surface area contributed by atoms with Crippen molar-refractivity contribution in [3.8, 4) is 11.1 Å². The second-order valence-corrected chi connectivity index (χ2v) is 5.69. The van der Waals surface area contributed by atoms with Gasteiger partial charge in [0.05, 0.1) is 0 Å². The summed E-state index contributed by atoms with van der Waals surface area (Å²) in [5.41, 5.74) is 7.20. The summed E-state index contributed by atoms with van der Waals surface area (Å²) in [6, 6.07) is 17.0. The quantitative estimate of drug-likeness (QED) is 0.770. The SMILES string of the molecule is CNC(=O)C(N)(c1ccccc1)c1ccc(F)c(-c2cccnc2)c1. The van der Waals surface area contributed by atoms with Crippen molar-refractivity contribution in [1.82, 2.24) is 10.3 Å². The fourth-order valence-corrected chi connectivity index (χ4v) is 2.84. The van der Waals surface area contributed by atoms with Crippen molar-refractivity contribution in [3.63, 3.8) is 0 Å². The highest BCUT2D eigenvalue weighted by molar-refractivity contribution is 5.91. The second kappa shape index (κ2) is 6.83. The molecule has 1 unspecified atom stereocenters. The van der Waals surface area contributed by atoms with Crippen molar-refractivity contribution in [2.24, 2.45) is 5.73 Å². The van der Waals surface area contributed by atoms with Gasteiger partial charge in [0.15, 0.2) is 0 Å². The molecule has 1 aromatic heterocycles. The van der Waals surface area contributed by atoms with Gasteiger partial charge in [0.2, 0.25) is 5.91 Å². The van der Waals surface area contributed by atoms with E-state index < -0.39 is 11.4 Å². The van der Waals surface area contributed by atoms with Gasteiger partial charge in [-0.05, 0) is 29.3 Å². The second-order valence-electron chi connectivity index (χ2n) is 5.69. The van der Waals surface area contributed by atoms with Gasteiger partial charge in [-0.2, -0.15) is 0 Å². The Labute approximate surface area is 145 Å². The summed E-state index contributed by atoms with van der Waals surface area (Å²) >= 11 is 0. The van der Waals surface area contributed by atoms with E-state index in [9.17, 15) is 9.18 Å². The minimum atomic E-state index is -1.43. The van der Waals surface area contributed by atoms with Crippen LogP contribution in [-0.4, -0.2) is 17.9 Å². The Hall–Kier alpha value is -3.05. The first-order valence-corrected chi connectivity index (χ1v) is 7.84. The van der Waals surface area contributed by atoms with E-state index in [1.165, 1.54) is 19.2 Å². The van der Waals surface area contributed by atoms with Crippen LogP contribution >= 0.6 is 0 Å². The number of nitrogens with zero attached hydrogens (tertiary/aromatic N) is 1. The van der Waals surface area contributed by atoms with E-state index >= 15 is 0 Å². The molecular weight excluding hydrogens is 317 g/mol. The molecule has 2 aromatic carbocycles. The van der Waals surface area contributed by atoms with Crippen LogP contribution in [0.3, 0.4) is 0 Å². The number of pyridine rings is 1. The van der Waals surface area contributed by atoms with Crippen LogP contribution in [0.25, 0.3) is 11.1 Å². The van der Waals surface area contributed by atoms with Crippen LogP contribution in [0.1, 0.15) is 11.1 Å². The van der Waals surface area contributed by atoms with E-state index in [4.69, 9.17) is 5.73 Å². The summed E-state index contributed by atoms with van der Waals surface area (Å²) in [6.45, 7) is 0. The molecule has 3 rings (SSSR count). The molecule has 25 heavy (non-hydrogen) atoms. The first-order chi connectivity index (χ1) is 12.1. The Bertz CT molecular complexity index is 884. The number of nitrogens with one attached hydrogen (secondary N) is 1. The molecule has 126 valence electrons. The molecule has 0 aliphatic carbocycles. The number of aromatic nitrogens is 1. The summed E-state index contributed by atoms with van der Waals surface area (Å²) in [4.78, 5) is 16.7. The molecule has 0 fully saturated rings. The lowest BCUT2D eigenvalue weighted by atomic mass is 9.81. The first kappa shape index (κ1) is 16.8. The van der Waals surface area contributed by atoms with Crippen molar-refractivity contribution in [3.05, 3.63) is 90.0 Å². The van der Waals surface area contributed by atoms with Crippen LogP contribution in [0.4, 0.5) is 4.39 Å². The number of nitrogens with two attached hydrogens (primary N) is 1. The molecule has 0 aliphatic heterocycles. The number of amides is 1. The van der Waals surface area contributed by atoms with Crippen molar-refractivity contribution >= 4 is 5.91 Å². The van der Waals surface area contributed by atoms with Crippen molar-refractivity contribution in [2.75, 3.05) is 7.05 Å². The average Bonchev–Trinajstić information content (AvgIpc) is 2.68. The monoisotopic (exact) mass is 335 g/mol. The van der Waals surface area contributed by atoms with E-state index in [-0.39, 0.29) is 5.91 Å². The Morgan fingerprint density at radius 1 is 1.08 bits per heavy atom. The zero-order valence-electron chi connectivity index (χ0n) is 13.7. The molecule has 1 atom stereocenters. The fourth-order valence-electron chi connectivity index (χ4n) is 2.84. The third kappa shape index (κ3) is 3.02. The lowest BCUT2D eigenvalue weighted by Crippen LogP contribution is -2.51. The molecule has 3 N–H and O–H groups in total. The highest BCUT2D eigenvalue weighted by Gasteiger charge is 2.37. The first-order valence-electron chi connectivity index (χ1n) is 7.84. The van der Waals surface area contributed by atoms with Gasteiger partial charge in [-0.1, -0.05) is 42.5 Å². The third-order valence-corrected chi connectivity index (χ3v) is 4.21. The number of carbonyl (C=O) groups excluding carboxylic acids is 1. The minimum absolute atomic E-state index is 0.347. The zero-order chi connectivity index (χ0) is 17.9. The highest BCUT2D eigenvalue weighted by atomic mass is 19.1. The molecule has 4 nitrogen and oxygen atoms in total. The smallest absolute Gasteiger partial charge is 0.249 e. The molecular formula is C20H18FN3O. The van der Waals surface area contributed by atoms with Gasteiger partial charge in [0.1, 0.15) is 11.4 Å². The maximum absolute atomic E-state index is 14.4. The summed E-state index contributed by atoms with van der Waals surface area (Å²) in [5.74, 6) is -0.772. The van der Waals surface area contributed by atoms with E-state index in [0.717, 1.165) is 0 Å². The molecule has 0 saturated heterocycles. The summed E-state index contributed by atoms with van der Waals surface area (Å²) in [7, 11) is 1.53. The van der Waals surface area contributed by atoms with Crippen LogP contribution in [0.15, 0.2) is 73.1 Å². The predicted molar refractivity (Wildman–Crippen MR) is 95.1 cm³/mol. The molecule has 0 spiro atoms. The molecule has 0 aliphatic rings. The maximum Gasteiger partial charge on any atom is 0.249 e. The summed E-state index contributed by atoms with van der Waals surface area (Å²) in [5, 5.41) is 2.61. The van der Waals surface area contributed by atoms with Gasteiger partial charge < -0.3 is 11.1 Å². The topological polar surface area (TPSA) is 68.0 Å². The maximum atomic E-state index is 14.4. The normalized spacial score (nSPS) is 13.1. The van der Waals surface area contributed by atoms with E-state index in [1.54, 1.807) is 42.7 Å². The minimum Gasteiger partial charge on any atom is -0.357 e. The number of benzene rings is 2. The molecule has 5 heteroatoms. The number of rotatable bonds is 4. The van der Waals surface area contributed by atoms with Gasteiger partial charge in [-0.3, -0.25) is 9.78 Å². The van der Waals surface area contributed by atoms with Gasteiger partial charge in [0, 0.05) is 30.6 Å². The van der Waals surface area contributed by atoms with Crippen LogP contribution in [0, 0.1) is 5.82 Å². The summed E-state index contributed by atoms with van der Waals surface area (Å²) < 4.78 is 14.4. The highest BCUT2D eigenvalue weighted by Crippen LogP contribution is 2.32. The largest absolute Gasteiger partial charge is 0.357 e. The van der Waals surface area contributed by atoms with Gasteiger partial charge >= 0.3 is 0 Å². The standard InChI is InChI=1S/C20H18FN3O/c1-23-19(25)20(22,15-7-3-2-4-8-15)16-9-10-18(21)17(12-16)14-6-5-11-24-13-14/h2-13H,22H2,1H3,(H,23,25). The van der Waals surface area contributed by atoms with E-state index in [2.05, 4.69) is 10.3 Å². The predicted octanol–water partition coefficient (Wildman–Crippen LogP) is 2.84. The molecule has 3 aromatic rings. The van der Waals surface area contributed by atoms with Crippen LogP contribution < -0.4 is 11.1 Å². The average molecular weight is 335 g/mol. The van der Waals surface area contributed by atoms with E-state index in [0.29, 0.717) is 22.3 Å². The number of likely N-dealkylation sites (N-methyl/N-ethyl adjacent to an activating group) is 1. The number of carbonyl (C=O) groups is 1. The molecule has 0 saturated carbocycles. The molecule has 0 bridgehead atoms. The summed E-state index contributed by atoms with van der Waals surface area (Å²) in [6.07, 6.45) is 3.19. The fraction of sp³-hybridized carbons (Fsp3) is 0.100. The molecule has 0 radical (unpaired) electrons. The lowest BCUT2D eigenvalue weighted by Gasteiger charge is -2.29. The van der Waals surface area contributed by atoms with Gasteiger partial charge in [-0.15, -0.1) is 0 Å². The lowest BCUT2D eigenvalue weighted by molar-refractivity contribution is -0.124. The zero-order valence-corrected chi connectivity index (χ0v) is 13.7. The van der Waals surface area contributed by atoms with Crippen LogP contribution in [0.5, 0.6) is 0 Å². The van der Waals surface area contributed by atoms with Gasteiger partial charge in [0.25, 0.3) is 0 Å². The number of hydrogen-bond acceptors (Lipinski definition) is 3. The number of halogens is 1. The Morgan fingerprint density at radius 2 is 1.84 bits per heavy atom. The molecule has 1 amide bonds. The Balaban J connectivity index is 2.20. The Kier molecular flexibility index (Phi) is 4.59. The van der Waals surface area contributed by atoms with Crippen molar-refractivity contribution in [1.29, 1.82) is 0 Å². The third-order valence-electron chi connectivity index (χ3n) is 4.21. The Morgan fingerprint density at radius 3 is 2.48 bits per heavy atom. The van der Waals surface area contributed by atoms with Crippen molar-refractivity contribution < 1.29 is 9.18 Å². The van der Waals surface area contributed by atoms with Crippen LogP contribution in [-0.2, 0) is 10.3 Å². The van der Waals surface area contributed by atoms with Crippen molar-refractivity contribution in [2.45, 2.75) is 5.54 Å². The number of hydrogen-bond donors (Lipinski definition) is 2.